The van der Waals surface area contributed by atoms with Crippen molar-refractivity contribution in [1.29, 1.82) is 0 Å². The first kappa shape index (κ1) is 13.9. The average molecular weight is 201 g/mol. The molecule has 0 aliphatic carbocycles. The molecule has 0 amide bonds. The number of ether oxygens (including phenoxy) is 1. The van der Waals surface area contributed by atoms with Gasteiger partial charge in [-0.25, -0.2) is 0 Å². The van der Waals surface area contributed by atoms with Crippen LogP contribution in [0.15, 0.2) is 0 Å². The Balaban J connectivity index is 2.99. The van der Waals surface area contributed by atoms with Gasteiger partial charge in [0, 0.05) is 13.2 Å². The molecule has 0 aromatic heterocycles. The summed E-state index contributed by atoms with van der Waals surface area (Å²) >= 11 is 0. The summed E-state index contributed by atoms with van der Waals surface area (Å²) in [5.74, 6) is 0. The van der Waals surface area contributed by atoms with Crippen molar-refractivity contribution in [3.05, 3.63) is 0 Å². The fraction of sp³-hybridized carbons (Fsp3) is 1.00. The van der Waals surface area contributed by atoms with Gasteiger partial charge in [-0.3, -0.25) is 0 Å². The Kier molecular flexibility index (Phi) is 8.20. The molecule has 1 N–H and O–H groups in total. The van der Waals surface area contributed by atoms with Crippen molar-refractivity contribution in [3.8, 4) is 0 Å². The molecule has 0 aliphatic heterocycles. The zero-order valence-electron chi connectivity index (χ0n) is 10.4. The standard InChI is InChI=1S/C12H27NO/c1-5-6-9-14-10-7-8-13-11-12(2,3)4/h13H,5-11H2,1-4H3. The molecule has 0 unspecified atom stereocenters. The van der Waals surface area contributed by atoms with Crippen molar-refractivity contribution in [2.75, 3.05) is 26.3 Å². The predicted octanol–water partition coefficient (Wildman–Crippen LogP) is 2.83. The highest BCUT2D eigenvalue weighted by atomic mass is 16.5. The Morgan fingerprint density at radius 2 is 1.71 bits per heavy atom. The van der Waals surface area contributed by atoms with E-state index < -0.39 is 0 Å². The quantitative estimate of drug-likeness (QED) is 0.610. The molecule has 0 rings (SSSR count). The molecule has 14 heavy (non-hydrogen) atoms. The van der Waals surface area contributed by atoms with Gasteiger partial charge in [0.15, 0.2) is 0 Å². The lowest BCUT2D eigenvalue weighted by molar-refractivity contribution is 0.128. The minimum atomic E-state index is 0.392. The second kappa shape index (κ2) is 8.25. The smallest absolute Gasteiger partial charge is 0.0478 e. The van der Waals surface area contributed by atoms with Crippen LogP contribution in [0.5, 0.6) is 0 Å². The first-order valence-electron chi connectivity index (χ1n) is 5.85. The molecule has 0 fully saturated rings. The van der Waals surface area contributed by atoms with Crippen molar-refractivity contribution < 1.29 is 4.74 Å². The van der Waals surface area contributed by atoms with Crippen LogP contribution in [0.1, 0.15) is 47.0 Å². The van der Waals surface area contributed by atoms with E-state index >= 15 is 0 Å². The van der Waals surface area contributed by atoms with Crippen LogP contribution in [0.25, 0.3) is 0 Å². The minimum absolute atomic E-state index is 0.392. The Morgan fingerprint density at radius 1 is 1.07 bits per heavy atom. The fourth-order valence-corrected chi connectivity index (χ4v) is 1.11. The molecule has 0 atom stereocenters. The van der Waals surface area contributed by atoms with Gasteiger partial charge in [0.2, 0.25) is 0 Å². The molecular weight excluding hydrogens is 174 g/mol. The average Bonchev–Trinajstić information content (AvgIpc) is 2.08. The summed E-state index contributed by atoms with van der Waals surface area (Å²) in [6.45, 7) is 12.9. The lowest BCUT2D eigenvalue weighted by Gasteiger charge is -2.18. The third-order valence-corrected chi connectivity index (χ3v) is 1.94. The van der Waals surface area contributed by atoms with Crippen LogP contribution >= 0.6 is 0 Å². The van der Waals surface area contributed by atoms with E-state index in [1.807, 2.05) is 0 Å². The molecule has 0 radical (unpaired) electrons. The van der Waals surface area contributed by atoms with Gasteiger partial charge in [0.05, 0.1) is 0 Å². The summed E-state index contributed by atoms with van der Waals surface area (Å²) in [5.41, 5.74) is 0.392. The van der Waals surface area contributed by atoms with Crippen LogP contribution < -0.4 is 5.32 Å². The SMILES string of the molecule is CCCCOCCCNCC(C)(C)C. The second-order valence-corrected chi connectivity index (χ2v) is 5.06. The molecule has 0 aliphatic rings. The summed E-state index contributed by atoms with van der Waals surface area (Å²) in [6.07, 6.45) is 3.54. The van der Waals surface area contributed by atoms with E-state index in [1.165, 1.54) is 12.8 Å². The molecule has 2 nitrogen and oxygen atoms in total. The van der Waals surface area contributed by atoms with Crippen molar-refractivity contribution in [2.24, 2.45) is 5.41 Å². The Labute approximate surface area is 89.4 Å². The summed E-state index contributed by atoms with van der Waals surface area (Å²) in [4.78, 5) is 0. The second-order valence-electron chi connectivity index (χ2n) is 5.06. The molecular formula is C12H27NO. The molecule has 2 heteroatoms. The highest BCUT2D eigenvalue weighted by Crippen LogP contribution is 2.09. The number of nitrogens with one attached hydrogen (secondary N) is 1. The highest BCUT2D eigenvalue weighted by Gasteiger charge is 2.07. The van der Waals surface area contributed by atoms with E-state index in [9.17, 15) is 0 Å². The maximum atomic E-state index is 5.47. The molecule has 0 spiro atoms. The van der Waals surface area contributed by atoms with Crippen LogP contribution in [0, 0.1) is 5.41 Å². The monoisotopic (exact) mass is 201 g/mol. The van der Waals surface area contributed by atoms with Gasteiger partial charge < -0.3 is 10.1 Å². The van der Waals surface area contributed by atoms with E-state index in [2.05, 4.69) is 33.0 Å². The van der Waals surface area contributed by atoms with Gasteiger partial charge in [-0.05, 0) is 31.3 Å². The maximum absolute atomic E-state index is 5.47. The van der Waals surface area contributed by atoms with Gasteiger partial charge in [-0.1, -0.05) is 34.1 Å². The van der Waals surface area contributed by atoms with Crippen molar-refractivity contribution in [2.45, 2.75) is 47.0 Å². The summed E-state index contributed by atoms with van der Waals surface area (Å²) < 4.78 is 5.47. The molecule has 0 bridgehead atoms. The lowest BCUT2D eigenvalue weighted by atomic mass is 9.97. The first-order chi connectivity index (χ1) is 6.56. The topological polar surface area (TPSA) is 21.3 Å². The lowest BCUT2D eigenvalue weighted by Crippen LogP contribution is -2.28. The summed E-state index contributed by atoms with van der Waals surface area (Å²) in [6, 6.07) is 0. The Bertz CT molecular complexity index is 118. The first-order valence-corrected chi connectivity index (χ1v) is 5.85. The van der Waals surface area contributed by atoms with Gasteiger partial charge >= 0.3 is 0 Å². The number of unbranched alkanes of at least 4 members (excludes halogenated alkanes) is 1. The number of hydrogen-bond acceptors (Lipinski definition) is 2. The van der Waals surface area contributed by atoms with Crippen LogP contribution in [0.2, 0.25) is 0 Å². The summed E-state index contributed by atoms with van der Waals surface area (Å²) in [5, 5.41) is 3.44. The zero-order valence-corrected chi connectivity index (χ0v) is 10.4. The van der Waals surface area contributed by atoms with E-state index in [4.69, 9.17) is 4.74 Å². The summed E-state index contributed by atoms with van der Waals surface area (Å²) in [7, 11) is 0. The van der Waals surface area contributed by atoms with Crippen LogP contribution in [0.4, 0.5) is 0 Å². The normalized spacial score (nSPS) is 12.0. The molecule has 86 valence electrons. The van der Waals surface area contributed by atoms with Gasteiger partial charge in [0.25, 0.3) is 0 Å². The Morgan fingerprint density at radius 3 is 2.29 bits per heavy atom. The van der Waals surface area contributed by atoms with Crippen molar-refractivity contribution >= 4 is 0 Å². The molecule has 0 heterocycles. The van der Waals surface area contributed by atoms with E-state index in [0.29, 0.717) is 5.41 Å². The molecule has 0 aromatic carbocycles. The van der Waals surface area contributed by atoms with Crippen LogP contribution in [0.3, 0.4) is 0 Å². The minimum Gasteiger partial charge on any atom is -0.381 e. The van der Waals surface area contributed by atoms with Gasteiger partial charge in [-0.15, -0.1) is 0 Å². The molecule has 0 aromatic rings. The van der Waals surface area contributed by atoms with E-state index in [0.717, 1.165) is 32.7 Å². The van der Waals surface area contributed by atoms with E-state index in [-0.39, 0.29) is 0 Å². The number of hydrogen-bond donors (Lipinski definition) is 1. The maximum Gasteiger partial charge on any atom is 0.0478 e. The highest BCUT2D eigenvalue weighted by molar-refractivity contribution is 4.64. The van der Waals surface area contributed by atoms with Gasteiger partial charge in [0.1, 0.15) is 0 Å². The third-order valence-electron chi connectivity index (χ3n) is 1.94. The predicted molar refractivity (Wildman–Crippen MR) is 62.7 cm³/mol. The van der Waals surface area contributed by atoms with Gasteiger partial charge in [-0.2, -0.15) is 0 Å². The molecule has 0 saturated carbocycles. The van der Waals surface area contributed by atoms with Crippen LogP contribution in [-0.4, -0.2) is 26.3 Å². The fourth-order valence-electron chi connectivity index (χ4n) is 1.11. The van der Waals surface area contributed by atoms with E-state index in [1.54, 1.807) is 0 Å². The Hall–Kier alpha value is -0.0800. The molecule has 0 saturated heterocycles. The third kappa shape index (κ3) is 11.9. The van der Waals surface area contributed by atoms with Crippen LogP contribution in [-0.2, 0) is 4.74 Å². The van der Waals surface area contributed by atoms with Crippen molar-refractivity contribution in [3.63, 3.8) is 0 Å². The largest absolute Gasteiger partial charge is 0.381 e. The zero-order chi connectivity index (χ0) is 10.9. The van der Waals surface area contributed by atoms with Crippen molar-refractivity contribution in [1.82, 2.24) is 5.32 Å². The number of rotatable bonds is 8.